The highest BCUT2D eigenvalue weighted by Gasteiger charge is 2.47. The molecule has 3 aliphatic rings. The number of nitrogens with zero attached hydrogens (tertiary/aromatic N) is 6. The van der Waals surface area contributed by atoms with Gasteiger partial charge in [0.15, 0.2) is 0 Å². The zero-order chi connectivity index (χ0) is 102. The van der Waals surface area contributed by atoms with E-state index in [9.17, 15) is 83.1 Å². The van der Waals surface area contributed by atoms with Gasteiger partial charge in [-0.25, -0.2) is 4.79 Å². The van der Waals surface area contributed by atoms with Gasteiger partial charge in [-0.3, -0.25) is 86.3 Å². The molecule has 3 fully saturated rings. The average molecular weight is 1940 g/mol. The first-order valence-corrected chi connectivity index (χ1v) is 47.1. The molecule has 8 rings (SSSR count). The number of carboxylic acids is 3. The van der Waals surface area contributed by atoms with Crippen molar-refractivity contribution in [3.63, 3.8) is 0 Å². The molecule has 44 nitrogen and oxygen atoms in total. The summed E-state index contributed by atoms with van der Waals surface area (Å²) >= 11 is 0.638. The second-order valence-electron chi connectivity index (χ2n) is 35.2. The number of para-hydroxylation sites is 2. The predicted molar refractivity (Wildman–Crippen MR) is 503 cm³/mol. The highest BCUT2D eigenvalue weighted by molar-refractivity contribution is 8.00. The first-order valence-electron chi connectivity index (χ1n) is 45.9. The van der Waals surface area contributed by atoms with Crippen LogP contribution in [0.15, 0.2) is 85.2 Å². The SMILES string of the molecule is C#CC[C@H](NC(=O)[C@@H]1CSCC(=O)N[C@@H](Cc2ccc(O)cc2)C(=O)N(C)[C@@H](C)C(=O)N[C@@H](CC(N)=O)C(=O)N2CCC[C@H]2C(=O)N[C@@H](CN)C(=O)N[C@@H](CC(C)C)C(=O)N2C[C@H](O)C[C@H]2C(=O)N[C@@H](Cc2c[nH]c3ccccc23)C(=O)N[C@@H](CCN)C(=O)N[C@@H](Cc2cn(CC(=O)O)c3ccccc23)C(=O)N(C)[C@@H](CCCC)C(=O)N(C)[C@@H](CCCC)C(=O)N[C@@H](CCC(=O)O)C(=O)N1)C(=O)O. The number of carbonyl (C=O) groups excluding carboxylic acids is 16. The van der Waals surface area contributed by atoms with Gasteiger partial charge in [0, 0.05) is 119 Å². The molecule has 45 heteroatoms. The van der Waals surface area contributed by atoms with Crippen molar-refractivity contribution in [2.75, 3.05) is 58.8 Å². The molecule has 0 radical (unpaired) electrons. The summed E-state index contributed by atoms with van der Waals surface area (Å²) in [6, 6.07) is -5.73. The van der Waals surface area contributed by atoms with Crippen molar-refractivity contribution in [3.8, 4) is 18.1 Å². The van der Waals surface area contributed by atoms with Crippen LogP contribution in [0.5, 0.6) is 5.75 Å². The van der Waals surface area contributed by atoms with E-state index in [0.717, 1.165) is 24.5 Å². The van der Waals surface area contributed by atoms with Crippen LogP contribution in [0.1, 0.15) is 148 Å². The Balaban J connectivity index is 1.22. The summed E-state index contributed by atoms with van der Waals surface area (Å²) in [5.41, 5.74) is 20.3. The molecule has 22 N–H and O–H groups in total. The summed E-state index contributed by atoms with van der Waals surface area (Å²) in [7, 11) is 3.70. The maximum absolute atomic E-state index is 16.0. The summed E-state index contributed by atoms with van der Waals surface area (Å²) in [4.78, 5) is 284. The number of hydrogen-bond donors (Lipinski definition) is 19. The molecule has 0 bridgehead atoms. The number of amides is 16. The Bertz CT molecular complexity index is 5290. The molecule has 750 valence electrons. The average Bonchev–Trinajstić information content (AvgIpc) is 1.62. The van der Waals surface area contributed by atoms with Crippen molar-refractivity contribution < 1.29 is 117 Å². The van der Waals surface area contributed by atoms with E-state index in [1.165, 1.54) is 63.1 Å². The number of nitrogens with one attached hydrogen (secondary N) is 11. The van der Waals surface area contributed by atoms with Crippen LogP contribution < -0.4 is 70.4 Å². The van der Waals surface area contributed by atoms with Gasteiger partial charge in [-0.2, -0.15) is 0 Å². The number of thioether (sulfide) groups is 1. The van der Waals surface area contributed by atoms with Crippen LogP contribution >= 0.6 is 11.8 Å². The number of likely N-dealkylation sites (N-methyl/N-ethyl adjacent to an activating group) is 3. The van der Waals surface area contributed by atoms with Crippen molar-refractivity contribution in [1.82, 2.24) is 87.2 Å². The number of nitrogens with two attached hydrogens (primary N) is 3. The summed E-state index contributed by atoms with van der Waals surface area (Å²) in [5.74, 6) is -20.3. The highest BCUT2D eigenvalue weighted by atomic mass is 32.2. The molecular weight excluding hydrogens is 1810 g/mol. The quantitative estimate of drug-likeness (QED) is 0.0232. The van der Waals surface area contributed by atoms with Gasteiger partial charge >= 0.3 is 17.9 Å². The van der Waals surface area contributed by atoms with Gasteiger partial charge in [0.2, 0.25) is 94.5 Å². The van der Waals surface area contributed by atoms with Crippen LogP contribution in [0.3, 0.4) is 0 Å². The Morgan fingerprint density at radius 1 is 0.580 bits per heavy atom. The standard InChI is InChI=1S/C93H128N20O24S/c1-10-13-24-71-85(128)100-60(32-33-77(118)119)80(123)107-69(84(127)101-62(20-12-3)93(136)137)48-138-49-76(117)98-65(38-52-28-30-55(114)31-29-52)88(131)108(7)51(6)79(122)103-67(42-75(96)116)90(133)112-36-19-27-72(112)86(129)106-68(43-95)83(126)104-64(37-50(4)5)91(134)113-46-56(115)41-74(113)87(130)102-63(39-53-44-97-59-23-17-15-21-57(53)59)82(125)99-61(34-35-94)81(124)105-66(89(132)110(9)73(25-14-11-2)92(135)109(71)8)40-54-45-111(47-78(120)121)70-26-18-16-22-58(54)70/h3,15-18,21-23,26,28-31,44-45,50-51,56,60-69,71-74,97,114-115H,10-11,13-14,19-20,24-25,27,32-43,46-49,94-95H2,1-2,4-9H3,(H2,96,116)(H,98,117)(H,99,125)(H,100,128)(H,101,127)(H,102,130)(H,103,122)(H,104,126)(H,105,124)(H,106,129)(H,107,123)(H,118,119)(H,120,121)(H,136,137)/t51-,56+,60-,61-,62-,63-,64-,65-,66-,67-,68-,69-,71-,72-,73-,74-/m0/s1. The molecule has 0 saturated carbocycles. The lowest BCUT2D eigenvalue weighted by Gasteiger charge is -2.36. The number of aliphatic carboxylic acids is 3. The fourth-order valence-corrected chi connectivity index (χ4v) is 17.8. The number of carbonyl (C=O) groups is 19. The number of benzene rings is 3. The minimum Gasteiger partial charge on any atom is -0.508 e. The fraction of sp³-hybridized carbons (Fsp3) is 0.538. The lowest BCUT2D eigenvalue weighted by atomic mass is 9.99. The number of rotatable bonds is 28. The largest absolute Gasteiger partial charge is 0.508 e. The zero-order valence-electron chi connectivity index (χ0n) is 78.5. The first kappa shape index (κ1) is 110. The molecule has 0 aliphatic carbocycles. The van der Waals surface area contributed by atoms with Crippen LogP contribution in [0.4, 0.5) is 0 Å². The Morgan fingerprint density at radius 3 is 1.78 bits per heavy atom. The number of fused-ring (bicyclic) bond motifs is 4. The predicted octanol–water partition coefficient (Wildman–Crippen LogP) is -2.43. The van der Waals surface area contributed by atoms with E-state index in [4.69, 9.17) is 23.6 Å². The smallest absolute Gasteiger partial charge is 0.327 e. The molecule has 0 unspecified atom stereocenters. The number of primary amides is 1. The van der Waals surface area contributed by atoms with Crippen LogP contribution in [0.25, 0.3) is 21.8 Å². The third-order valence-electron chi connectivity index (χ3n) is 24.5. The lowest BCUT2D eigenvalue weighted by Crippen LogP contribution is -2.62. The number of aromatic nitrogens is 2. The second-order valence-corrected chi connectivity index (χ2v) is 36.3. The number of phenolic OH excluding ortho intramolecular Hbond substituents is 1. The summed E-state index contributed by atoms with van der Waals surface area (Å²) < 4.78 is 1.41. The fourth-order valence-electron chi connectivity index (χ4n) is 16.9. The molecule has 2 aromatic heterocycles. The minimum absolute atomic E-state index is 0.0433. The third kappa shape index (κ3) is 30.1. The normalized spacial score (nSPS) is 24.7. The first-order chi connectivity index (χ1) is 65.5. The number of aliphatic hydroxyl groups is 1. The van der Waals surface area contributed by atoms with Crippen LogP contribution in [-0.2, 0) is 117 Å². The van der Waals surface area contributed by atoms with E-state index >= 15 is 33.6 Å². The molecule has 3 aromatic carbocycles. The number of hydrogen-bond acceptors (Lipinski definition) is 24. The van der Waals surface area contributed by atoms with Crippen molar-refractivity contribution in [2.24, 2.45) is 23.1 Å². The number of aromatic hydroxyl groups is 1. The van der Waals surface area contributed by atoms with E-state index in [1.54, 1.807) is 82.4 Å². The van der Waals surface area contributed by atoms with Crippen molar-refractivity contribution in [2.45, 2.75) is 253 Å². The van der Waals surface area contributed by atoms with Crippen molar-refractivity contribution >= 4 is 146 Å². The lowest BCUT2D eigenvalue weighted by molar-refractivity contribution is -0.149. The molecule has 5 aromatic rings. The van der Waals surface area contributed by atoms with Crippen LogP contribution in [0, 0.1) is 18.3 Å². The summed E-state index contributed by atoms with van der Waals surface area (Å²) in [6.07, 6.45) is 3.43. The van der Waals surface area contributed by atoms with Gasteiger partial charge in [0.1, 0.15) is 103 Å². The Kier molecular flexibility index (Phi) is 41.3. The molecule has 16 amide bonds. The highest BCUT2D eigenvalue weighted by Crippen LogP contribution is 2.29. The number of H-pyrrole nitrogens is 1. The van der Waals surface area contributed by atoms with Crippen molar-refractivity contribution in [3.05, 3.63) is 102 Å². The number of phenols is 1. The van der Waals surface area contributed by atoms with Crippen molar-refractivity contribution in [1.29, 1.82) is 0 Å². The molecule has 3 aliphatic heterocycles. The van der Waals surface area contributed by atoms with Crippen LogP contribution in [-0.4, -0.2) is 328 Å². The number of carboxylic acid groups (broad SMARTS) is 3. The number of terminal acetylenes is 1. The molecule has 0 spiro atoms. The Morgan fingerprint density at radius 2 is 1.14 bits per heavy atom. The maximum Gasteiger partial charge on any atom is 0.327 e. The second kappa shape index (κ2) is 52.0. The molecule has 5 heterocycles. The van der Waals surface area contributed by atoms with E-state index in [2.05, 4.69) is 64.1 Å². The number of unbranched alkanes of at least 4 members (excludes halogenated alkanes) is 2. The summed E-state index contributed by atoms with van der Waals surface area (Å²) in [5, 5.41) is 78.8. The van der Waals surface area contributed by atoms with E-state index in [-0.39, 0.29) is 89.0 Å². The number of aromatic amines is 1. The monoisotopic (exact) mass is 1940 g/mol. The van der Waals surface area contributed by atoms with Gasteiger partial charge in [0.25, 0.3) is 0 Å². The van der Waals surface area contributed by atoms with Gasteiger partial charge in [0.05, 0.1) is 18.3 Å². The summed E-state index contributed by atoms with van der Waals surface area (Å²) in [6.45, 7) is 6.13. The Hall–Kier alpha value is -13.7. The number of aliphatic hydroxyl groups excluding tert-OH is 1. The van der Waals surface area contributed by atoms with Gasteiger partial charge in [-0.05, 0) is 105 Å². The van der Waals surface area contributed by atoms with E-state index in [0.29, 0.717) is 63.1 Å². The van der Waals surface area contributed by atoms with E-state index in [1.807, 2.05) is 0 Å². The minimum atomic E-state index is -1.88. The third-order valence-corrected chi connectivity index (χ3v) is 25.5. The molecule has 3 saturated heterocycles. The maximum atomic E-state index is 16.0. The zero-order valence-corrected chi connectivity index (χ0v) is 79.3. The topological polar surface area (TPSA) is 661 Å². The Labute approximate surface area is 801 Å². The molecule has 16 atom stereocenters. The van der Waals surface area contributed by atoms with Gasteiger partial charge < -0.3 is 130 Å². The van der Waals surface area contributed by atoms with Gasteiger partial charge in [-0.1, -0.05) is 102 Å². The molecule has 138 heavy (non-hydrogen) atoms. The van der Waals surface area contributed by atoms with Crippen LogP contribution in [0.2, 0.25) is 0 Å². The van der Waals surface area contributed by atoms with E-state index < -0.39 is 279 Å². The molecular formula is C93H128N20O24S. The van der Waals surface area contributed by atoms with Gasteiger partial charge in [-0.15, -0.1) is 24.1 Å².